The van der Waals surface area contributed by atoms with Gasteiger partial charge in [-0.2, -0.15) is 0 Å². The van der Waals surface area contributed by atoms with Crippen molar-refractivity contribution >= 4 is 17.5 Å². The molecule has 120 valence electrons. The van der Waals surface area contributed by atoms with Gasteiger partial charge in [0.15, 0.2) is 0 Å². The number of anilines is 1. The molecular formula is C18H20N2O3. The highest BCUT2D eigenvalue weighted by Crippen LogP contribution is 2.30. The van der Waals surface area contributed by atoms with Crippen molar-refractivity contribution in [2.45, 2.75) is 26.3 Å². The number of carbonyl (C=O) groups is 2. The van der Waals surface area contributed by atoms with Crippen molar-refractivity contribution in [2.24, 2.45) is 0 Å². The molecule has 2 aromatic rings. The third-order valence-electron chi connectivity index (χ3n) is 4.46. The highest BCUT2D eigenvalue weighted by molar-refractivity contribution is 5.97. The van der Waals surface area contributed by atoms with Crippen molar-refractivity contribution in [1.29, 1.82) is 0 Å². The molecule has 0 aliphatic carbocycles. The van der Waals surface area contributed by atoms with E-state index in [4.69, 9.17) is 4.42 Å². The van der Waals surface area contributed by atoms with Crippen LogP contribution in [0.4, 0.5) is 5.69 Å². The molecule has 2 amide bonds. The number of furan rings is 1. The number of nitrogens with zero attached hydrogens (tertiary/aromatic N) is 2. The molecule has 5 heteroatoms. The van der Waals surface area contributed by atoms with E-state index in [9.17, 15) is 9.59 Å². The maximum Gasteiger partial charge on any atom is 0.254 e. The Kier molecular flexibility index (Phi) is 3.94. The molecule has 0 N–H and O–H groups in total. The Morgan fingerprint density at radius 3 is 2.74 bits per heavy atom. The Balaban J connectivity index is 1.82. The second-order valence-corrected chi connectivity index (χ2v) is 5.87. The van der Waals surface area contributed by atoms with Gasteiger partial charge in [0, 0.05) is 31.8 Å². The summed E-state index contributed by atoms with van der Waals surface area (Å²) < 4.78 is 5.38. The number of amides is 2. The highest BCUT2D eigenvalue weighted by Gasteiger charge is 2.25. The Labute approximate surface area is 135 Å². The third-order valence-corrected chi connectivity index (χ3v) is 4.46. The van der Waals surface area contributed by atoms with E-state index in [1.54, 1.807) is 36.1 Å². The van der Waals surface area contributed by atoms with Crippen LogP contribution in [0.5, 0.6) is 0 Å². The number of benzene rings is 1. The summed E-state index contributed by atoms with van der Waals surface area (Å²) >= 11 is 0. The quantitative estimate of drug-likeness (QED) is 0.875. The van der Waals surface area contributed by atoms with Crippen LogP contribution in [-0.2, 0) is 11.2 Å². The maximum atomic E-state index is 12.7. The Morgan fingerprint density at radius 1 is 1.30 bits per heavy atom. The molecule has 1 aromatic carbocycles. The standard InChI is InChI=1S/C18H20N2O3/c1-12(17-5-4-10-23-17)19(3)18(22)15-6-7-16-14(11-15)8-9-20(16)13(2)21/h4-7,10-12H,8-9H2,1-3H3. The second kappa shape index (κ2) is 5.91. The average molecular weight is 312 g/mol. The minimum Gasteiger partial charge on any atom is -0.467 e. The lowest BCUT2D eigenvalue weighted by molar-refractivity contribution is -0.116. The van der Waals surface area contributed by atoms with E-state index in [1.165, 1.54) is 0 Å². The van der Waals surface area contributed by atoms with Gasteiger partial charge in [-0.25, -0.2) is 0 Å². The fourth-order valence-corrected chi connectivity index (χ4v) is 2.96. The van der Waals surface area contributed by atoms with Crippen molar-refractivity contribution in [1.82, 2.24) is 4.90 Å². The fourth-order valence-electron chi connectivity index (χ4n) is 2.96. The molecule has 1 aliphatic heterocycles. The van der Waals surface area contributed by atoms with Gasteiger partial charge < -0.3 is 14.2 Å². The summed E-state index contributed by atoms with van der Waals surface area (Å²) in [6, 6.07) is 9.08. The average Bonchev–Trinajstić information content (AvgIpc) is 3.21. The predicted octanol–water partition coefficient (Wildman–Crippen LogP) is 3.02. The van der Waals surface area contributed by atoms with E-state index in [0.29, 0.717) is 12.1 Å². The van der Waals surface area contributed by atoms with Crippen LogP contribution in [0, 0.1) is 0 Å². The van der Waals surface area contributed by atoms with Gasteiger partial charge in [0.05, 0.1) is 12.3 Å². The van der Waals surface area contributed by atoms with Crippen LogP contribution in [-0.4, -0.2) is 30.3 Å². The summed E-state index contributed by atoms with van der Waals surface area (Å²) in [5, 5.41) is 0. The zero-order chi connectivity index (χ0) is 16.6. The van der Waals surface area contributed by atoms with E-state index in [0.717, 1.165) is 23.4 Å². The van der Waals surface area contributed by atoms with Gasteiger partial charge in [-0.05, 0) is 49.2 Å². The van der Waals surface area contributed by atoms with Crippen LogP contribution in [0.1, 0.15) is 41.6 Å². The van der Waals surface area contributed by atoms with Gasteiger partial charge in [0.25, 0.3) is 5.91 Å². The fraction of sp³-hybridized carbons (Fsp3) is 0.333. The minimum absolute atomic E-state index is 0.0337. The van der Waals surface area contributed by atoms with Gasteiger partial charge >= 0.3 is 0 Å². The Bertz CT molecular complexity index is 737. The van der Waals surface area contributed by atoms with E-state index in [1.807, 2.05) is 31.2 Å². The summed E-state index contributed by atoms with van der Waals surface area (Å²) in [7, 11) is 1.77. The number of rotatable bonds is 3. The molecule has 0 fully saturated rings. The Morgan fingerprint density at radius 2 is 2.09 bits per heavy atom. The summed E-state index contributed by atoms with van der Waals surface area (Å²) in [5.41, 5.74) is 2.59. The second-order valence-electron chi connectivity index (χ2n) is 5.87. The molecule has 0 spiro atoms. The van der Waals surface area contributed by atoms with Crippen LogP contribution in [0.3, 0.4) is 0 Å². The molecule has 1 unspecified atom stereocenters. The molecule has 1 aromatic heterocycles. The first kappa shape index (κ1) is 15.3. The van der Waals surface area contributed by atoms with Crippen molar-refractivity contribution in [3.63, 3.8) is 0 Å². The lowest BCUT2D eigenvalue weighted by Crippen LogP contribution is -2.29. The first-order valence-corrected chi connectivity index (χ1v) is 7.70. The zero-order valence-corrected chi connectivity index (χ0v) is 13.6. The van der Waals surface area contributed by atoms with Crippen LogP contribution in [0.15, 0.2) is 41.0 Å². The Hall–Kier alpha value is -2.56. The summed E-state index contributed by atoms with van der Waals surface area (Å²) in [5.74, 6) is 0.731. The summed E-state index contributed by atoms with van der Waals surface area (Å²) in [6.45, 7) is 4.18. The van der Waals surface area contributed by atoms with Crippen LogP contribution >= 0.6 is 0 Å². The first-order valence-electron chi connectivity index (χ1n) is 7.70. The normalized spacial score (nSPS) is 14.5. The maximum absolute atomic E-state index is 12.7. The molecular weight excluding hydrogens is 292 g/mol. The van der Waals surface area contributed by atoms with E-state index < -0.39 is 0 Å². The van der Waals surface area contributed by atoms with Gasteiger partial charge in [-0.1, -0.05) is 0 Å². The molecule has 0 bridgehead atoms. The van der Waals surface area contributed by atoms with E-state index in [2.05, 4.69) is 0 Å². The molecule has 23 heavy (non-hydrogen) atoms. The smallest absolute Gasteiger partial charge is 0.254 e. The molecule has 0 saturated heterocycles. The van der Waals surface area contributed by atoms with E-state index >= 15 is 0 Å². The minimum atomic E-state index is -0.139. The number of hydrogen-bond donors (Lipinski definition) is 0. The molecule has 2 heterocycles. The van der Waals surface area contributed by atoms with Crippen LogP contribution < -0.4 is 4.90 Å². The summed E-state index contributed by atoms with van der Waals surface area (Å²) in [4.78, 5) is 27.7. The molecule has 0 radical (unpaired) electrons. The first-order chi connectivity index (χ1) is 11.0. The lowest BCUT2D eigenvalue weighted by atomic mass is 10.1. The zero-order valence-electron chi connectivity index (χ0n) is 13.6. The molecule has 5 nitrogen and oxygen atoms in total. The van der Waals surface area contributed by atoms with Gasteiger partial charge in [-0.3, -0.25) is 9.59 Å². The van der Waals surface area contributed by atoms with Crippen molar-refractivity contribution in [3.8, 4) is 0 Å². The van der Waals surface area contributed by atoms with Crippen molar-refractivity contribution in [3.05, 3.63) is 53.5 Å². The molecule has 1 aliphatic rings. The number of carbonyl (C=O) groups excluding carboxylic acids is 2. The molecule has 0 saturated carbocycles. The molecule has 3 rings (SSSR count). The number of hydrogen-bond acceptors (Lipinski definition) is 3. The molecule has 1 atom stereocenters. The summed E-state index contributed by atoms with van der Waals surface area (Å²) in [6.07, 6.45) is 2.39. The number of fused-ring (bicyclic) bond motifs is 1. The monoisotopic (exact) mass is 312 g/mol. The third kappa shape index (κ3) is 2.74. The largest absolute Gasteiger partial charge is 0.467 e. The topological polar surface area (TPSA) is 53.8 Å². The van der Waals surface area contributed by atoms with Crippen LogP contribution in [0.25, 0.3) is 0 Å². The van der Waals surface area contributed by atoms with Gasteiger partial charge in [-0.15, -0.1) is 0 Å². The van der Waals surface area contributed by atoms with Gasteiger partial charge in [0.1, 0.15) is 5.76 Å². The van der Waals surface area contributed by atoms with Crippen molar-refractivity contribution in [2.75, 3.05) is 18.5 Å². The van der Waals surface area contributed by atoms with E-state index in [-0.39, 0.29) is 17.9 Å². The predicted molar refractivity (Wildman–Crippen MR) is 87.4 cm³/mol. The highest BCUT2D eigenvalue weighted by atomic mass is 16.3. The van der Waals surface area contributed by atoms with Crippen LogP contribution in [0.2, 0.25) is 0 Å². The lowest BCUT2D eigenvalue weighted by Gasteiger charge is -2.23. The van der Waals surface area contributed by atoms with Crippen molar-refractivity contribution < 1.29 is 14.0 Å². The van der Waals surface area contributed by atoms with Gasteiger partial charge in [0.2, 0.25) is 5.91 Å². The SMILES string of the molecule is CC(=O)N1CCc2cc(C(=O)N(C)C(C)c3ccco3)ccc21.